The van der Waals surface area contributed by atoms with Crippen molar-refractivity contribution >= 4 is 116 Å². The van der Waals surface area contributed by atoms with Crippen molar-refractivity contribution in [3.8, 4) is 0 Å². The SMILES string of the molecule is ClC1=C(Cl)C(Cl)C(OC2(c3ccccc3)C(Cl)=C(Cl)C(Cl)=C(Cl)C2Cl)(c2ccccc2)C(Cl)=C1Cl. The molecule has 4 atom stereocenters. The van der Waals surface area contributed by atoms with Gasteiger partial charge in [0.25, 0.3) is 0 Å². The minimum Gasteiger partial charge on any atom is -0.344 e. The topological polar surface area (TPSA) is 9.23 Å². The summed E-state index contributed by atoms with van der Waals surface area (Å²) in [5.41, 5.74) is -2.44. The van der Waals surface area contributed by atoms with Crippen LogP contribution in [-0.4, -0.2) is 10.8 Å². The number of hydrogen-bond donors (Lipinski definition) is 0. The lowest BCUT2D eigenvalue weighted by Crippen LogP contribution is -2.53. The molecule has 184 valence electrons. The summed E-state index contributed by atoms with van der Waals surface area (Å²) in [5, 5.41) is -2.44. The predicted octanol–water partition coefficient (Wildman–Crippen LogP) is 10.8. The van der Waals surface area contributed by atoms with E-state index in [4.69, 9.17) is 121 Å². The van der Waals surface area contributed by atoms with E-state index in [0.717, 1.165) is 0 Å². The largest absolute Gasteiger partial charge is 0.344 e. The maximum Gasteiger partial charge on any atom is 0.153 e. The summed E-state index contributed by atoms with van der Waals surface area (Å²) in [6.45, 7) is 0. The molecule has 0 saturated carbocycles. The molecule has 0 spiro atoms. The summed E-state index contributed by atoms with van der Waals surface area (Å²) in [7, 11) is 0. The summed E-state index contributed by atoms with van der Waals surface area (Å²) < 4.78 is 6.94. The third-order valence-electron chi connectivity index (χ3n) is 5.73. The molecule has 0 aromatic heterocycles. The van der Waals surface area contributed by atoms with Crippen LogP contribution in [0.2, 0.25) is 0 Å². The zero-order valence-electron chi connectivity index (χ0n) is 17.1. The first-order chi connectivity index (χ1) is 16.5. The number of benzene rings is 2. The molecule has 2 aromatic rings. The van der Waals surface area contributed by atoms with E-state index < -0.39 is 22.0 Å². The van der Waals surface area contributed by atoms with Gasteiger partial charge in [-0.3, -0.25) is 0 Å². The van der Waals surface area contributed by atoms with Crippen molar-refractivity contribution < 1.29 is 4.74 Å². The highest BCUT2D eigenvalue weighted by Crippen LogP contribution is 2.61. The second-order valence-electron chi connectivity index (χ2n) is 7.61. The van der Waals surface area contributed by atoms with Crippen LogP contribution in [0.4, 0.5) is 0 Å². The minimum absolute atomic E-state index is 0.00559. The van der Waals surface area contributed by atoms with E-state index in [1.807, 2.05) is 12.1 Å². The van der Waals surface area contributed by atoms with E-state index in [9.17, 15) is 0 Å². The van der Waals surface area contributed by atoms with Crippen LogP contribution in [0.1, 0.15) is 11.1 Å². The zero-order chi connectivity index (χ0) is 25.7. The second kappa shape index (κ2) is 10.8. The van der Waals surface area contributed by atoms with Crippen LogP contribution in [0.5, 0.6) is 0 Å². The molecule has 11 heteroatoms. The predicted molar refractivity (Wildman–Crippen MR) is 152 cm³/mol. The van der Waals surface area contributed by atoms with Crippen LogP contribution in [0.25, 0.3) is 0 Å². The van der Waals surface area contributed by atoms with Crippen molar-refractivity contribution in [2.24, 2.45) is 0 Å². The Morgan fingerprint density at radius 3 is 1.11 bits per heavy atom. The number of hydrogen-bond acceptors (Lipinski definition) is 1. The van der Waals surface area contributed by atoms with E-state index in [2.05, 4.69) is 0 Å². The van der Waals surface area contributed by atoms with Gasteiger partial charge in [0.15, 0.2) is 11.2 Å². The average Bonchev–Trinajstić information content (AvgIpc) is 2.89. The van der Waals surface area contributed by atoms with Crippen LogP contribution < -0.4 is 0 Å². The highest BCUT2D eigenvalue weighted by Gasteiger charge is 2.60. The third kappa shape index (κ3) is 4.38. The van der Waals surface area contributed by atoms with Gasteiger partial charge in [0.05, 0.1) is 40.3 Å². The molecular weight excluding hydrogens is 659 g/mol. The van der Waals surface area contributed by atoms with Gasteiger partial charge in [-0.05, 0) is 11.1 Å². The van der Waals surface area contributed by atoms with Crippen LogP contribution in [0.15, 0.2) is 101 Å². The molecular formula is C24H12Cl10O. The van der Waals surface area contributed by atoms with Gasteiger partial charge < -0.3 is 4.74 Å². The smallest absolute Gasteiger partial charge is 0.153 e. The molecule has 0 amide bonds. The van der Waals surface area contributed by atoms with Crippen molar-refractivity contribution in [3.63, 3.8) is 0 Å². The van der Waals surface area contributed by atoms with Crippen LogP contribution in [0.3, 0.4) is 0 Å². The molecule has 35 heavy (non-hydrogen) atoms. The first-order valence-electron chi connectivity index (χ1n) is 9.83. The molecule has 1 nitrogen and oxygen atoms in total. The highest BCUT2D eigenvalue weighted by atomic mass is 35.5. The van der Waals surface area contributed by atoms with Crippen molar-refractivity contribution in [1.82, 2.24) is 0 Å². The molecule has 4 unspecified atom stereocenters. The molecule has 0 aliphatic heterocycles. The van der Waals surface area contributed by atoms with E-state index in [-0.39, 0.29) is 40.3 Å². The summed E-state index contributed by atoms with van der Waals surface area (Å²) >= 11 is 66.7. The van der Waals surface area contributed by atoms with Crippen molar-refractivity contribution in [2.45, 2.75) is 22.0 Å². The molecule has 2 aliphatic carbocycles. The first kappa shape index (κ1) is 28.3. The van der Waals surface area contributed by atoms with Gasteiger partial charge in [0, 0.05) is 0 Å². The molecule has 4 rings (SSSR count). The summed E-state index contributed by atoms with van der Waals surface area (Å²) in [5.74, 6) is 0. The number of halogens is 10. The highest BCUT2D eigenvalue weighted by molar-refractivity contribution is 6.55. The number of allylic oxidation sites excluding steroid dienone is 4. The monoisotopic (exact) mass is 666 g/mol. The molecule has 0 heterocycles. The third-order valence-corrected chi connectivity index (χ3v) is 10.9. The fraction of sp³-hybridized carbons (Fsp3) is 0.167. The van der Waals surface area contributed by atoms with Crippen LogP contribution >= 0.6 is 116 Å². The Hall–Kier alpha value is 0.260. The Morgan fingerprint density at radius 1 is 0.486 bits per heavy atom. The number of ether oxygens (including phenoxy) is 1. The van der Waals surface area contributed by atoms with E-state index in [0.29, 0.717) is 11.1 Å². The van der Waals surface area contributed by atoms with Gasteiger partial charge in [-0.1, -0.05) is 153 Å². The fourth-order valence-electron chi connectivity index (χ4n) is 4.01. The fourth-order valence-corrected chi connectivity index (χ4v) is 7.30. The Labute approximate surface area is 252 Å². The van der Waals surface area contributed by atoms with Crippen LogP contribution in [-0.2, 0) is 15.9 Å². The zero-order valence-corrected chi connectivity index (χ0v) is 24.7. The molecule has 0 radical (unpaired) electrons. The molecule has 2 aromatic carbocycles. The maximum atomic E-state index is 6.96. The quantitative estimate of drug-likeness (QED) is 0.294. The van der Waals surface area contributed by atoms with E-state index in [1.165, 1.54) is 0 Å². The van der Waals surface area contributed by atoms with Gasteiger partial charge in [0.1, 0.15) is 10.8 Å². The molecule has 0 bridgehead atoms. The van der Waals surface area contributed by atoms with E-state index >= 15 is 0 Å². The van der Waals surface area contributed by atoms with Crippen LogP contribution in [0, 0.1) is 0 Å². The second-order valence-corrected chi connectivity index (χ2v) is 11.6. The summed E-state index contributed by atoms with van der Waals surface area (Å²) in [6, 6.07) is 17.7. The normalized spacial score (nSPS) is 29.9. The molecule has 2 aliphatic rings. The lowest BCUT2D eigenvalue weighted by molar-refractivity contribution is -0.119. The van der Waals surface area contributed by atoms with Gasteiger partial charge in [-0.15, -0.1) is 23.2 Å². The summed E-state index contributed by atoms with van der Waals surface area (Å²) in [6.07, 6.45) is 0. The Kier molecular flexibility index (Phi) is 8.72. The van der Waals surface area contributed by atoms with Crippen molar-refractivity contribution in [3.05, 3.63) is 112 Å². The minimum atomic E-state index is -1.72. The summed E-state index contributed by atoms with van der Waals surface area (Å²) in [4.78, 5) is 0. The lowest BCUT2D eigenvalue weighted by atomic mass is 9.81. The van der Waals surface area contributed by atoms with Gasteiger partial charge >= 0.3 is 0 Å². The Bertz CT molecular complexity index is 1180. The van der Waals surface area contributed by atoms with Gasteiger partial charge in [0.2, 0.25) is 0 Å². The van der Waals surface area contributed by atoms with E-state index in [1.54, 1.807) is 48.5 Å². The number of alkyl halides is 2. The Morgan fingerprint density at radius 2 is 0.800 bits per heavy atom. The van der Waals surface area contributed by atoms with Crippen molar-refractivity contribution in [2.75, 3.05) is 0 Å². The molecule has 0 saturated heterocycles. The van der Waals surface area contributed by atoms with Gasteiger partial charge in [-0.2, -0.15) is 0 Å². The lowest BCUT2D eigenvalue weighted by Gasteiger charge is -2.50. The average molecular weight is 671 g/mol. The number of rotatable bonds is 4. The molecule has 0 fully saturated rings. The molecule has 0 N–H and O–H groups in total. The Balaban J connectivity index is 2.11. The van der Waals surface area contributed by atoms with Gasteiger partial charge in [-0.25, -0.2) is 0 Å². The maximum absolute atomic E-state index is 6.96. The standard InChI is InChI=1S/C24H12Cl10O/c25-13-15(27)19(31)23(20(32)16(13)28,11-7-3-1-4-8-11)35-24(12-9-5-2-6-10-12)21(33)17(29)14(26)18(30)22(24)34/h1-10,19,21H. The first-order valence-corrected chi connectivity index (χ1v) is 13.7. The van der Waals surface area contributed by atoms with Crippen molar-refractivity contribution in [1.29, 1.82) is 0 Å².